The van der Waals surface area contributed by atoms with E-state index < -0.39 is 10.6 Å². The summed E-state index contributed by atoms with van der Waals surface area (Å²) in [6, 6.07) is 7.32. The van der Waals surface area contributed by atoms with Gasteiger partial charge in [-0.25, -0.2) is 9.59 Å². The number of rotatable bonds is 4. The van der Waals surface area contributed by atoms with Crippen molar-refractivity contribution in [3.05, 3.63) is 35.4 Å². The second kappa shape index (κ2) is 8.50. The summed E-state index contributed by atoms with van der Waals surface area (Å²) in [4.78, 5) is 28.4. The van der Waals surface area contributed by atoms with Gasteiger partial charge in [-0.05, 0) is 30.5 Å². The zero-order valence-corrected chi connectivity index (χ0v) is 16.5. The third-order valence-corrected chi connectivity index (χ3v) is 7.06. The molecule has 8 heteroatoms. The van der Waals surface area contributed by atoms with Gasteiger partial charge < -0.3 is 14.5 Å². The lowest BCUT2D eigenvalue weighted by atomic mass is 10.1. The molecule has 1 aliphatic carbocycles. The molecule has 150 valence electrons. The molecule has 0 unspecified atom stereocenters. The lowest BCUT2D eigenvalue weighted by molar-refractivity contribution is 0.0600. The fourth-order valence-electron chi connectivity index (χ4n) is 3.73. The molecule has 1 aromatic rings. The van der Waals surface area contributed by atoms with Crippen LogP contribution in [-0.4, -0.2) is 68.7 Å². The Bertz CT molecular complexity index is 663. The van der Waals surface area contributed by atoms with E-state index in [1.165, 1.54) is 7.11 Å². The number of hydrogen-bond acceptors (Lipinski definition) is 5. The molecular weight excluding hydrogens is 368 g/mol. The van der Waals surface area contributed by atoms with Crippen LogP contribution in [0.3, 0.4) is 0 Å². The number of carbonyl (C=O) groups is 2. The van der Waals surface area contributed by atoms with Gasteiger partial charge in [-0.1, -0.05) is 25.0 Å². The van der Waals surface area contributed by atoms with Gasteiger partial charge in [0.2, 0.25) is 0 Å². The first-order valence-corrected chi connectivity index (χ1v) is 11.2. The average molecular weight is 397 g/mol. The average Bonchev–Trinajstić information content (AvgIpc) is 3.20. The Hall–Kier alpha value is -1.77. The third kappa shape index (κ3) is 4.94. The van der Waals surface area contributed by atoms with Crippen LogP contribution in [0, 0.1) is 0 Å². The first-order valence-electron chi connectivity index (χ1n) is 9.36. The highest BCUT2D eigenvalue weighted by Gasteiger charge is 2.33. The highest BCUT2D eigenvalue weighted by atomic mass is 32.3. The van der Waals surface area contributed by atoms with Crippen LogP contribution in [0.25, 0.3) is 0 Å². The van der Waals surface area contributed by atoms with Crippen molar-refractivity contribution in [3.8, 4) is 0 Å². The van der Waals surface area contributed by atoms with Gasteiger partial charge in [0.25, 0.3) is 0 Å². The maximum atomic E-state index is 13.1. The van der Waals surface area contributed by atoms with Gasteiger partial charge in [0.1, 0.15) is 0 Å². The zero-order chi connectivity index (χ0) is 19.4. The van der Waals surface area contributed by atoms with Gasteiger partial charge in [-0.3, -0.25) is 9.11 Å². The van der Waals surface area contributed by atoms with Gasteiger partial charge >= 0.3 is 12.0 Å². The van der Waals surface area contributed by atoms with Crippen molar-refractivity contribution in [3.63, 3.8) is 0 Å². The van der Waals surface area contributed by atoms with Crippen LogP contribution in [-0.2, 0) is 11.3 Å². The fraction of sp³-hybridized carbons (Fsp3) is 0.579. The maximum absolute atomic E-state index is 13.1. The van der Waals surface area contributed by atoms with E-state index in [2.05, 4.69) is 0 Å². The number of esters is 1. The predicted octanol–water partition coefficient (Wildman–Crippen LogP) is 3.40. The number of hydrogen-bond donors (Lipinski definition) is 2. The molecular formula is C19H28N2O5S. The number of methoxy groups -OCH3 is 1. The normalized spacial score (nSPS) is 20.9. The van der Waals surface area contributed by atoms with E-state index in [1.807, 2.05) is 17.0 Å². The number of benzene rings is 1. The molecule has 0 radical (unpaired) electrons. The van der Waals surface area contributed by atoms with Gasteiger partial charge in [-0.2, -0.15) is 10.6 Å². The largest absolute Gasteiger partial charge is 0.465 e. The minimum absolute atomic E-state index is 0.0335. The summed E-state index contributed by atoms with van der Waals surface area (Å²) in [5, 5.41) is 0. The van der Waals surface area contributed by atoms with Crippen molar-refractivity contribution in [2.24, 2.45) is 0 Å². The van der Waals surface area contributed by atoms with Crippen LogP contribution >= 0.6 is 10.6 Å². The van der Waals surface area contributed by atoms with E-state index in [0.29, 0.717) is 25.2 Å². The van der Waals surface area contributed by atoms with Crippen LogP contribution < -0.4 is 0 Å². The first kappa shape index (κ1) is 20.0. The molecule has 27 heavy (non-hydrogen) atoms. The van der Waals surface area contributed by atoms with Crippen LogP contribution in [0.2, 0.25) is 0 Å². The molecule has 7 nitrogen and oxygen atoms in total. The van der Waals surface area contributed by atoms with Crippen LogP contribution in [0.15, 0.2) is 24.3 Å². The lowest BCUT2D eigenvalue weighted by Gasteiger charge is -2.43. The molecule has 0 bridgehead atoms. The number of ether oxygens (including phenoxy) is 1. The van der Waals surface area contributed by atoms with Crippen LogP contribution in [0.1, 0.15) is 41.6 Å². The summed E-state index contributed by atoms with van der Waals surface area (Å²) >= 11 is 0. The van der Waals surface area contributed by atoms with Crippen LogP contribution in [0.5, 0.6) is 0 Å². The highest BCUT2D eigenvalue weighted by molar-refractivity contribution is 8.24. The molecule has 1 aliphatic heterocycles. The highest BCUT2D eigenvalue weighted by Crippen LogP contribution is 2.40. The Morgan fingerprint density at radius 1 is 1.15 bits per heavy atom. The van der Waals surface area contributed by atoms with Gasteiger partial charge in [-0.15, -0.1) is 0 Å². The van der Waals surface area contributed by atoms with E-state index >= 15 is 0 Å². The van der Waals surface area contributed by atoms with E-state index in [0.717, 1.165) is 31.2 Å². The number of amides is 2. The van der Waals surface area contributed by atoms with Crippen molar-refractivity contribution >= 4 is 22.6 Å². The molecule has 1 saturated carbocycles. The maximum Gasteiger partial charge on any atom is 0.337 e. The number of nitrogens with zero attached hydrogens (tertiary/aromatic N) is 2. The van der Waals surface area contributed by atoms with E-state index in [4.69, 9.17) is 4.74 Å². The smallest absolute Gasteiger partial charge is 0.337 e. The Kier molecular flexibility index (Phi) is 6.29. The lowest BCUT2D eigenvalue weighted by Crippen LogP contribution is -2.51. The summed E-state index contributed by atoms with van der Waals surface area (Å²) in [5.74, 6) is 0.133. The van der Waals surface area contributed by atoms with E-state index in [-0.39, 0.29) is 29.5 Å². The Morgan fingerprint density at radius 3 is 2.30 bits per heavy atom. The standard InChI is InChI=1S/C19H28N2O5S/c1-26-18(22)16-8-6-15(7-9-16)14-21(17-4-2-3-5-17)19(23)20-10-12-27(24,25)13-11-20/h6-9,17,24-25H,2-5,10-14H2,1H3. The van der Waals surface area contributed by atoms with Crippen molar-refractivity contribution in [2.45, 2.75) is 38.3 Å². The predicted molar refractivity (Wildman–Crippen MR) is 105 cm³/mol. The minimum atomic E-state index is -2.52. The summed E-state index contributed by atoms with van der Waals surface area (Å²) < 4.78 is 24.3. The minimum Gasteiger partial charge on any atom is -0.465 e. The van der Waals surface area contributed by atoms with Crippen molar-refractivity contribution in [2.75, 3.05) is 31.7 Å². The molecule has 2 fully saturated rings. The van der Waals surface area contributed by atoms with Gasteiger partial charge in [0.05, 0.1) is 24.2 Å². The number of carbonyl (C=O) groups excluding carboxylic acids is 2. The molecule has 3 rings (SSSR count). The van der Waals surface area contributed by atoms with Crippen LogP contribution in [0.4, 0.5) is 4.79 Å². The second-order valence-electron chi connectivity index (χ2n) is 7.23. The van der Waals surface area contributed by atoms with E-state index in [9.17, 15) is 18.7 Å². The van der Waals surface area contributed by atoms with Crippen molar-refractivity contribution in [1.82, 2.24) is 9.80 Å². The Balaban J connectivity index is 1.72. The molecule has 0 aromatic heterocycles. The zero-order valence-electron chi connectivity index (χ0n) is 15.7. The fourth-order valence-corrected chi connectivity index (χ4v) is 4.96. The summed E-state index contributed by atoms with van der Waals surface area (Å²) in [5.41, 5.74) is 1.45. The summed E-state index contributed by atoms with van der Waals surface area (Å²) in [7, 11) is -1.17. The topological polar surface area (TPSA) is 90.3 Å². The molecule has 0 atom stereocenters. The second-order valence-corrected chi connectivity index (χ2v) is 9.66. The SMILES string of the molecule is COC(=O)c1ccc(CN(C(=O)N2CCS(O)(O)CC2)C2CCCC2)cc1. The number of urea groups is 1. The van der Waals surface area contributed by atoms with Crippen molar-refractivity contribution < 1.29 is 23.4 Å². The molecule has 1 heterocycles. The first-order chi connectivity index (χ1) is 12.9. The van der Waals surface area contributed by atoms with Gasteiger partial charge in [0.15, 0.2) is 0 Å². The summed E-state index contributed by atoms with van der Waals surface area (Å²) in [6.45, 7) is 1.25. The molecule has 1 aromatic carbocycles. The molecule has 2 amide bonds. The Labute approximate surface area is 161 Å². The third-order valence-electron chi connectivity index (χ3n) is 5.39. The van der Waals surface area contributed by atoms with E-state index in [1.54, 1.807) is 17.0 Å². The monoisotopic (exact) mass is 396 g/mol. The quantitative estimate of drug-likeness (QED) is 0.761. The molecule has 2 N–H and O–H groups in total. The summed E-state index contributed by atoms with van der Waals surface area (Å²) in [6.07, 6.45) is 4.23. The molecule has 2 aliphatic rings. The Morgan fingerprint density at radius 2 is 1.74 bits per heavy atom. The molecule has 1 saturated heterocycles. The molecule has 0 spiro atoms. The van der Waals surface area contributed by atoms with Gasteiger partial charge in [0, 0.05) is 25.7 Å². The van der Waals surface area contributed by atoms with Crippen molar-refractivity contribution in [1.29, 1.82) is 0 Å².